The number of ether oxygens (including phenoxy) is 1. The van der Waals surface area contributed by atoms with Crippen molar-refractivity contribution in [3.63, 3.8) is 0 Å². The summed E-state index contributed by atoms with van der Waals surface area (Å²) in [6.45, 7) is 5.01. The van der Waals surface area contributed by atoms with Crippen LogP contribution in [0.1, 0.15) is 51.5 Å². The number of hydrogen-bond donors (Lipinski definition) is 0. The molecule has 2 heteroatoms. The van der Waals surface area contributed by atoms with Crippen LogP contribution in [0.5, 0.6) is 5.75 Å². The summed E-state index contributed by atoms with van der Waals surface area (Å²) in [5, 5.41) is 9.71. The zero-order chi connectivity index (χ0) is 14.4. The molecule has 2 atom stereocenters. The minimum absolute atomic E-state index is 0.331. The Balaban J connectivity index is 2.10. The van der Waals surface area contributed by atoms with Gasteiger partial charge >= 0.3 is 0 Å². The van der Waals surface area contributed by atoms with Crippen molar-refractivity contribution in [2.24, 2.45) is 11.3 Å². The maximum absolute atomic E-state index is 9.71. The maximum atomic E-state index is 9.71. The predicted octanol–water partition coefficient (Wildman–Crippen LogP) is 4.74. The molecule has 0 aliphatic carbocycles. The molecule has 0 spiro atoms. The molecule has 0 fully saturated rings. The summed E-state index contributed by atoms with van der Waals surface area (Å²) >= 11 is 0. The van der Waals surface area contributed by atoms with E-state index in [0.29, 0.717) is 12.5 Å². The first-order chi connectivity index (χ1) is 9.73. The number of para-hydroxylation sites is 1. The normalized spacial score (nSPS) is 22.4. The van der Waals surface area contributed by atoms with Crippen LogP contribution in [0.4, 0.5) is 0 Å². The van der Waals surface area contributed by atoms with Crippen LogP contribution in [0, 0.1) is 22.7 Å². The Kier molecular flexibility index (Phi) is 5.06. The minimum atomic E-state index is -0.331. The highest BCUT2D eigenvalue weighted by molar-refractivity contribution is 5.37. The van der Waals surface area contributed by atoms with Gasteiger partial charge in [-0.25, -0.2) is 0 Å². The molecule has 20 heavy (non-hydrogen) atoms. The predicted molar refractivity (Wildman–Crippen MR) is 81.6 cm³/mol. The van der Waals surface area contributed by atoms with Crippen LogP contribution in [0.15, 0.2) is 24.3 Å². The summed E-state index contributed by atoms with van der Waals surface area (Å²) in [6, 6.07) is 10.7. The molecule has 0 saturated carbocycles. The molecule has 0 radical (unpaired) electrons. The van der Waals surface area contributed by atoms with Crippen LogP contribution in [0.3, 0.4) is 0 Å². The van der Waals surface area contributed by atoms with Crippen molar-refractivity contribution in [1.29, 1.82) is 5.26 Å². The lowest BCUT2D eigenvalue weighted by Crippen LogP contribution is -2.35. The van der Waals surface area contributed by atoms with Crippen molar-refractivity contribution in [3.8, 4) is 11.8 Å². The van der Waals surface area contributed by atoms with Gasteiger partial charge < -0.3 is 4.74 Å². The van der Waals surface area contributed by atoms with Gasteiger partial charge in [-0.05, 0) is 30.4 Å². The zero-order valence-corrected chi connectivity index (χ0v) is 12.7. The third-order valence-electron chi connectivity index (χ3n) is 4.47. The molecule has 0 amide bonds. The average Bonchev–Trinajstić information content (AvgIpc) is 2.51. The largest absolute Gasteiger partial charge is 0.492 e. The van der Waals surface area contributed by atoms with Crippen LogP contribution >= 0.6 is 0 Å². The Bertz CT molecular complexity index is 477. The third-order valence-corrected chi connectivity index (χ3v) is 4.47. The van der Waals surface area contributed by atoms with Gasteiger partial charge in [0, 0.05) is 0 Å². The molecule has 1 aromatic rings. The molecule has 108 valence electrons. The number of nitrogens with zero attached hydrogens (tertiary/aromatic N) is 1. The highest BCUT2D eigenvalue weighted by Crippen LogP contribution is 2.39. The molecule has 1 heterocycles. The second-order valence-electron chi connectivity index (χ2n) is 6.09. The Labute approximate surface area is 122 Å². The van der Waals surface area contributed by atoms with Crippen LogP contribution in [-0.2, 0) is 6.42 Å². The summed E-state index contributed by atoms with van der Waals surface area (Å²) in [6.07, 6.45) is 6.69. The topological polar surface area (TPSA) is 33.0 Å². The molecular weight excluding hydrogens is 246 g/mol. The number of nitriles is 1. The Hall–Kier alpha value is -1.49. The SMILES string of the molecule is CCCCC(CC)CC1(C#N)COc2ccccc2C1. The van der Waals surface area contributed by atoms with Gasteiger partial charge in [-0.3, -0.25) is 0 Å². The molecule has 0 bridgehead atoms. The third kappa shape index (κ3) is 3.33. The van der Waals surface area contributed by atoms with Gasteiger partial charge in [0.25, 0.3) is 0 Å². The molecule has 2 rings (SSSR count). The fraction of sp³-hybridized carbons (Fsp3) is 0.611. The molecule has 0 aromatic heterocycles. The van der Waals surface area contributed by atoms with Crippen molar-refractivity contribution in [2.75, 3.05) is 6.61 Å². The number of fused-ring (bicyclic) bond motifs is 1. The summed E-state index contributed by atoms with van der Waals surface area (Å²) in [5.74, 6) is 1.60. The van der Waals surface area contributed by atoms with Gasteiger partial charge in [0.1, 0.15) is 12.4 Å². The standard InChI is InChI=1S/C18H25NO/c1-3-5-8-15(4-2)11-18(13-19)12-16-9-6-7-10-17(16)20-14-18/h6-7,9-10,15H,3-5,8,11-12,14H2,1-2H3. The first kappa shape index (κ1) is 14.9. The van der Waals surface area contributed by atoms with Crippen LogP contribution < -0.4 is 4.74 Å². The van der Waals surface area contributed by atoms with E-state index < -0.39 is 0 Å². The van der Waals surface area contributed by atoms with E-state index in [1.165, 1.54) is 24.8 Å². The number of benzene rings is 1. The fourth-order valence-corrected chi connectivity index (χ4v) is 3.17. The summed E-state index contributed by atoms with van der Waals surface area (Å²) in [5.41, 5.74) is 0.855. The van der Waals surface area contributed by atoms with E-state index in [2.05, 4.69) is 26.0 Å². The molecular formula is C18H25NO. The lowest BCUT2D eigenvalue weighted by Gasteiger charge is -2.35. The second-order valence-corrected chi connectivity index (χ2v) is 6.09. The average molecular weight is 271 g/mol. The van der Waals surface area contributed by atoms with Gasteiger partial charge in [-0.15, -0.1) is 0 Å². The van der Waals surface area contributed by atoms with E-state index in [0.717, 1.165) is 25.0 Å². The highest BCUT2D eigenvalue weighted by Gasteiger charge is 2.37. The Morgan fingerprint density at radius 1 is 1.35 bits per heavy atom. The van der Waals surface area contributed by atoms with E-state index in [-0.39, 0.29) is 5.41 Å². The second kappa shape index (κ2) is 6.79. The smallest absolute Gasteiger partial charge is 0.122 e. The van der Waals surface area contributed by atoms with Crippen molar-refractivity contribution in [3.05, 3.63) is 29.8 Å². The van der Waals surface area contributed by atoms with E-state index in [1.807, 2.05) is 18.2 Å². The van der Waals surface area contributed by atoms with E-state index in [1.54, 1.807) is 0 Å². The maximum Gasteiger partial charge on any atom is 0.122 e. The van der Waals surface area contributed by atoms with Gasteiger partial charge in [0.15, 0.2) is 0 Å². The first-order valence-corrected chi connectivity index (χ1v) is 7.85. The lowest BCUT2D eigenvalue weighted by atomic mass is 9.73. The molecule has 1 aromatic carbocycles. The number of rotatable bonds is 6. The summed E-state index contributed by atoms with van der Waals surface area (Å²) in [7, 11) is 0. The molecule has 2 unspecified atom stereocenters. The van der Waals surface area contributed by atoms with Crippen molar-refractivity contribution >= 4 is 0 Å². The molecule has 0 saturated heterocycles. The van der Waals surface area contributed by atoms with Crippen molar-refractivity contribution in [1.82, 2.24) is 0 Å². The molecule has 1 aliphatic heterocycles. The van der Waals surface area contributed by atoms with E-state index >= 15 is 0 Å². The van der Waals surface area contributed by atoms with Gasteiger partial charge in [-0.2, -0.15) is 5.26 Å². The van der Waals surface area contributed by atoms with E-state index in [9.17, 15) is 5.26 Å². The first-order valence-electron chi connectivity index (χ1n) is 7.85. The van der Waals surface area contributed by atoms with Crippen LogP contribution in [-0.4, -0.2) is 6.61 Å². The highest BCUT2D eigenvalue weighted by atomic mass is 16.5. The Morgan fingerprint density at radius 2 is 2.15 bits per heavy atom. The Morgan fingerprint density at radius 3 is 2.85 bits per heavy atom. The lowest BCUT2D eigenvalue weighted by molar-refractivity contribution is 0.136. The van der Waals surface area contributed by atoms with Crippen LogP contribution in [0.2, 0.25) is 0 Å². The zero-order valence-electron chi connectivity index (χ0n) is 12.7. The van der Waals surface area contributed by atoms with Gasteiger partial charge in [0.05, 0.1) is 11.5 Å². The fourth-order valence-electron chi connectivity index (χ4n) is 3.17. The quantitative estimate of drug-likeness (QED) is 0.748. The van der Waals surface area contributed by atoms with Crippen molar-refractivity contribution < 1.29 is 4.74 Å². The number of hydrogen-bond acceptors (Lipinski definition) is 2. The van der Waals surface area contributed by atoms with Crippen molar-refractivity contribution in [2.45, 2.75) is 52.4 Å². The van der Waals surface area contributed by atoms with Gasteiger partial charge in [-0.1, -0.05) is 57.7 Å². The molecule has 0 N–H and O–H groups in total. The monoisotopic (exact) mass is 271 g/mol. The van der Waals surface area contributed by atoms with Crippen LogP contribution in [0.25, 0.3) is 0 Å². The molecule has 2 nitrogen and oxygen atoms in total. The number of unbranched alkanes of at least 4 members (excludes halogenated alkanes) is 1. The summed E-state index contributed by atoms with van der Waals surface area (Å²) in [4.78, 5) is 0. The van der Waals surface area contributed by atoms with E-state index in [4.69, 9.17) is 4.74 Å². The summed E-state index contributed by atoms with van der Waals surface area (Å²) < 4.78 is 5.86. The van der Waals surface area contributed by atoms with Gasteiger partial charge in [0.2, 0.25) is 0 Å². The molecule has 1 aliphatic rings. The minimum Gasteiger partial charge on any atom is -0.492 e.